The lowest BCUT2D eigenvalue weighted by Gasteiger charge is -2.26. The number of hydrogen-bond acceptors (Lipinski definition) is 3. The summed E-state index contributed by atoms with van der Waals surface area (Å²) < 4.78 is 5.96. The third-order valence-corrected chi connectivity index (χ3v) is 5.91. The fraction of sp³-hybridized carbons (Fsp3) is 0.370. The summed E-state index contributed by atoms with van der Waals surface area (Å²) >= 11 is 0. The van der Waals surface area contributed by atoms with Crippen LogP contribution in [0.4, 0.5) is 0 Å². The summed E-state index contributed by atoms with van der Waals surface area (Å²) in [5, 5.41) is 0. The Bertz CT molecular complexity index is 1010. The van der Waals surface area contributed by atoms with Crippen LogP contribution >= 0.6 is 0 Å². The van der Waals surface area contributed by atoms with Gasteiger partial charge in [-0.15, -0.1) is 0 Å². The second kappa shape index (κ2) is 9.97. The van der Waals surface area contributed by atoms with E-state index in [1.165, 1.54) is 22.3 Å². The summed E-state index contributed by atoms with van der Waals surface area (Å²) in [5.74, 6) is 2.26. The van der Waals surface area contributed by atoms with E-state index in [0.29, 0.717) is 13.0 Å². The molecule has 4 heteroatoms. The number of rotatable bonds is 8. The molecule has 0 bridgehead atoms. The van der Waals surface area contributed by atoms with E-state index in [-0.39, 0.29) is 5.91 Å². The topological polar surface area (TPSA) is 36.7 Å². The molecule has 0 saturated carbocycles. The van der Waals surface area contributed by atoms with Crippen molar-refractivity contribution in [1.82, 2.24) is 9.80 Å². The highest BCUT2D eigenvalue weighted by Gasteiger charge is 2.24. The van der Waals surface area contributed by atoms with Crippen molar-refractivity contribution in [2.24, 2.45) is 0 Å². The van der Waals surface area contributed by atoms with Gasteiger partial charge in [-0.05, 0) is 56.1 Å². The standard InChI is InChI=1S/C27H32N2O2/c1-28(2)20-25-18-24-19-29(16-15-26(24)31-25)27(30)14-13-23-10-6-9-22(17-23)12-11-21-7-4-3-5-8-21/h3-10,17-18H,11-16,19-20H2,1-2H3. The molecule has 162 valence electrons. The maximum absolute atomic E-state index is 12.8. The van der Waals surface area contributed by atoms with Gasteiger partial charge in [-0.3, -0.25) is 4.79 Å². The van der Waals surface area contributed by atoms with Crippen molar-refractivity contribution in [1.29, 1.82) is 0 Å². The number of furan rings is 1. The molecule has 1 aliphatic heterocycles. The van der Waals surface area contributed by atoms with Gasteiger partial charge in [-0.25, -0.2) is 0 Å². The van der Waals surface area contributed by atoms with Crippen LogP contribution in [0.2, 0.25) is 0 Å². The molecule has 2 heterocycles. The number of carbonyl (C=O) groups excluding carboxylic acids is 1. The largest absolute Gasteiger partial charge is 0.464 e. The Balaban J connectivity index is 1.29. The number of carbonyl (C=O) groups is 1. The fourth-order valence-corrected chi connectivity index (χ4v) is 4.28. The molecule has 4 nitrogen and oxygen atoms in total. The average Bonchev–Trinajstić information content (AvgIpc) is 3.17. The maximum atomic E-state index is 12.8. The molecular weight excluding hydrogens is 384 g/mol. The minimum Gasteiger partial charge on any atom is -0.464 e. The van der Waals surface area contributed by atoms with E-state index in [2.05, 4.69) is 65.6 Å². The van der Waals surface area contributed by atoms with Gasteiger partial charge in [0.1, 0.15) is 11.5 Å². The molecular formula is C27H32N2O2. The number of benzene rings is 2. The first-order valence-electron chi connectivity index (χ1n) is 11.2. The lowest BCUT2D eigenvalue weighted by atomic mass is 10.0. The molecule has 0 radical (unpaired) electrons. The van der Waals surface area contributed by atoms with Gasteiger partial charge in [0.15, 0.2) is 0 Å². The number of fused-ring (bicyclic) bond motifs is 1. The Kier molecular flexibility index (Phi) is 6.88. The van der Waals surface area contributed by atoms with E-state index in [1.807, 2.05) is 19.0 Å². The summed E-state index contributed by atoms with van der Waals surface area (Å²) in [6.07, 6.45) is 4.22. The van der Waals surface area contributed by atoms with Gasteiger partial charge in [0.05, 0.1) is 6.54 Å². The van der Waals surface area contributed by atoms with Crippen LogP contribution < -0.4 is 0 Å². The molecule has 0 fully saturated rings. The van der Waals surface area contributed by atoms with E-state index in [1.54, 1.807) is 0 Å². The second-order valence-electron chi connectivity index (χ2n) is 8.77. The Morgan fingerprint density at radius 2 is 1.65 bits per heavy atom. The first-order valence-corrected chi connectivity index (χ1v) is 11.2. The van der Waals surface area contributed by atoms with Gasteiger partial charge in [-0.2, -0.15) is 0 Å². The van der Waals surface area contributed by atoms with E-state index in [0.717, 1.165) is 50.3 Å². The van der Waals surface area contributed by atoms with Crippen molar-refractivity contribution in [3.05, 3.63) is 94.4 Å². The van der Waals surface area contributed by atoms with Crippen LogP contribution in [0.5, 0.6) is 0 Å². The van der Waals surface area contributed by atoms with Gasteiger partial charge in [0.25, 0.3) is 0 Å². The Hall–Kier alpha value is -2.85. The van der Waals surface area contributed by atoms with E-state index in [4.69, 9.17) is 4.42 Å². The highest BCUT2D eigenvalue weighted by molar-refractivity contribution is 5.76. The first-order chi connectivity index (χ1) is 15.1. The second-order valence-corrected chi connectivity index (χ2v) is 8.77. The summed E-state index contributed by atoms with van der Waals surface area (Å²) in [4.78, 5) is 16.9. The van der Waals surface area contributed by atoms with Crippen LogP contribution in [0.15, 0.2) is 65.1 Å². The number of aryl methyl sites for hydroxylation is 3. The Labute approximate surface area is 185 Å². The number of nitrogens with zero attached hydrogens (tertiary/aromatic N) is 2. The summed E-state index contributed by atoms with van der Waals surface area (Å²) in [5.41, 5.74) is 5.11. The first kappa shape index (κ1) is 21.4. The molecule has 1 amide bonds. The molecule has 0 spiro atoms. The smallest absolute Gasteiger partial charge is 0.223 e. The van der Waals surface area contributed by atoms with Crippen molar-refractivity contribution >= 4 is 5.91 Å². The molecule has 1 aromatic heterocycles. The zero-order valence-electron chi connectivity index (χ0n) is 18.6. The third-order valence-electron chi connectivity index (χ3n) is 5.91. The molecule has 2 aromatic carbocycles. The Morgan fingerprint density at radius 1 is 0.935 bits per heavy atom. The fourth-order valence-electron chi connectivity index (χ4n) is 4.28. The molecule has 0 unspecified atom stereocenters. The van der Waals surface area contributed by atoms with Gasteiger partial charge in [0.2, 0.25) is 5.91 Å². The third kappa shape index (κ3) is 5.86. The molecule has 0 aliphatic carbocycles. The average molecular weight is 417 g/mol. The molecule has 0 saturated heterocycles. The van der Waals surface area contributed by atoms with Crippen LogP contribution in [0, 0.1) is 0 Å². The normalized spacial score (nSPS) is 13.5. The summed E-state index contributed by atoms with van der Waals surface area (Å²) in [7, 11) is 4.07. The van der Waals surface area contributed by atoms with Gasteiger partial charge in [-0.1, -0.05) is 54.6 Å². The summed E-state index contributed by atoms with van der Waals surface area (Å²) in [6.45, 7) is 2.21. The molecule has 31 heavy (non-hydrogen) atoms. The maximum Gasteiger partial charge on any atom is 0.223 e. The monoisotopic (exact) mass is 416 g/mol. The number of hydrogen-bond donors (Lipinski definition) is 0. The molecule has 0 atom stereocenters. The lowest BCUT2D eigenvalue weighted by Crippen LogP contribution is -2.35. The molecule has 1 aliphatic rings. The zero-order valence-corrected chi connectivity index (χ0v) is 18.6. The van der Waals surface area contributed by atoms with Crippen LogP contribution in [0.3, 0.4) is 0 Å². The van der Waals surface area contributed by atoms with E-state index in [9.17, 15) is 4.79 Å². The Morgan fingerprint density at radius 3 is 2.42 bits per heavy atom. The lowest BCUT2D eigenvalue weighted by molar-refractivity contribution is -0.132. The van der Waals surface area contributed by atoms with Crippen molar-refractivity contribution in [2.75, 3.05) is 20.6 Å². The van der Waals surface area contributed by atoms with Gasteiger partial charge < -0.3 is 14.2 Å². The van der Waals surface area contributed by atoms with Crippen LogP contribution in [-0.2, 0) is 43.6 Å². The minimum absolute atomic E-state index is 0.232. The van der Waals surface area contributed by atoms with Crippen molar-refractivity contribution in [2.45, 2.75) is 45.2 Å². The summed E-state index contributed by atoms with van der Waals surface area (Å²) in [6, 6.07) is 21.4. The molecule has 4 rings (SSSR count). The SMILES string of the molecule is CN(C)Cc1cc2c(o1)CCN(C(=O)CCc1cccc(CCc3ccccc3)c1)C2. The van der Waals surface area contributed by atoms with E-state index < -0.39 is 0 Å². The number of amides is 1. The van der Waals surface area contributed by atoms with Crippen molar-refractivity contribution < 1.29 is 9.21 Å². The van der Waals surface area contributed by atoms with Crippen LogP contribution in [0.25, 0.3) is 0 Å². The highest BCUT2D eigenvalue weighted by atomic mass is 16.3. The van der Waals surface area contributed by atoms with Crippen molar-refractivity contribution in [3.63, 3.8) is 0 Å². The van der Waals surface area contributed by atoms with E-state index >= 15 is 0 Å². The molecule has 3 aromatic rings. The van der Waals surface area contributed by atoms with Crippen LogP contribution in [-0.4, -0.2) is 36.3 Å². The highest BCUT2D eigenvalue weighted by Crippen LogP contribution is 2.24. The predicted molar refractivity (Wildman–Crippen MR) is 124 cm³/mol. The molecule has 0 N–H and O–H groups in total. The van der Waals surface area contributed by atoms with Crippen molar-refractivity contribution in [3.8, 4) is 0 Å². The predicted octanol–water partition coefficient (Wildman–Crippen LogP) is 4.64. The van der Waals surface area contributed by atoms with Gasteiger partial charge >= 0.3 is 0 Å². The zero-order chi connectivity index (χ0) is 21.6. The van der Waals surface area contributed by atoms with Crippen LogP contribution in [0.1, 0.15) is 40.2 Å². The minimum atomic E-state index is 0.232. The van der Waals surface area contributed by atoms with Gasteiger partial charge in [0, 0.05) is 31.5 Å². The quantitative estimate of drug-likeness (QED) is 0.537.